The Morgan fingerprint density at radius 3 is 2.75 bits per heavy atom. The molecule has 0 N–H and O–H groups in total. The SMILES string of the molecule is CC(C)C(=O)C1CCC2=CCCC(C)C21C. The Kier molecular flexibility index (Phi) is 2.98. The van der Waals surface area contributed by atoms with E-state index in [1.807, 2.05) is 13.8 Å². The van der Waals surface area contributed by atoms with Crippen molar-refractivity contribution in [2.75, 3.05) is 0 Å². The van der Waals surface area contributed by atoms with Crippen LogP contribution in [0, 0.1) is 23.2 Å². The van der Waals surface area contributed by atoms with E-state index >= 15 is 0 Å². The van der Waals surface area contributed by atoms with Gasteiger partial charge in [-0.1, -0.05) is 39.3 Å². The van der Waals surface area contributed by atoms with Gasteiger partial charge in [-0.25, -0.2) is 0 Å². The summed E-state index contributed by atoms with van der Waals surface area (Å²) in [5.41, 5.74) is 1.75. The maximum atomic E-state index is 12.3. The van der Waals surface area contributed by atoms with Crippen molar-refractivity contribution in [3.8, 4) is 0 Å². The summed E-state index contributed by atoms with van der Waals surface area (Å²) in [5.74, 6) is 1.63. The van der Waals surface area contributed by atoms with Crippen LogP contribution in [0.4, 0.5) is 0 Å². The number of fused-ring (bicyclic) bond motifs is 1. The monoisotopic (exact) mass is 220 g/mol. The molecule has 0 spiro atoms. The molecule has 2 aliphatic carbocycles. The van der Waals surface area contributed by atoms with E-state index in [-0.39, 0.29) is 17.3 Å². The van der Waals surface area contributed by atoms with Gasteiger partial charge in [-0.15, -0.1) is 0 Å². The Balaban J connectivity index is 2.33. The highest BCUT2D eigenvalue weighted by Gasteiger charge is 2.50. The summed E-state index contributed by atoms with van der Waals surface area (Å²) in [6.07, 6.45) is 7.12. The van der Waals surface area contributed by atoms with Gasteiger partial charge in [0.25, 0.3) is 0 Å². The second-order valence-corrected chi connectivity index (χ2v) is 6.14. The average Bonchev–Trinajstić information content (AvgIpc) is 2.57. The molecule has 16 heavy (non-hydrogen) atoms. The van der Waals surface area contributed by atoms with Crippen LogP contribution in [0.15, 0.2) is 11.6 Å². The van der Waals surface area contributed by atoms with Gasteiger partial charge in [-0.3, -0.25) is 4.79 Å². The fourth-order valence-corrected chi connectivity index (χ4v) is 3.72. The van der Waals surface area contributed by atoms with E-state index in [2.05, 4.69) is 19.9 Å². The topological polar surface area (TPSA) is 17.1 Å². The van der Waals surface area contributed by atoms with Crippen LogP contribution in [0.1, 0.15) is 53.4 Å². The van der Waals surface area contributed by atoms with Crippen LogP contribution in [0.2, 0.25) is 0 Å². The Bertz CT molecular complexity index is 326. The quantitative estimate of drug-likeness (QED) is 0.643. The maximum absolute atomic E-state index is 12.3. The van der Waals surface area contributed by atoms with Gasteiger partial charge in [0.1, 0.15) is 5.78 Å². The summed E-state index contributed by atoms with van der Waals surface area (Å²) in [4.78, 5) is 12.3. The van der Waals surface area contributed by atoms with Gasteiger partial charge in [0.15, 0.2) is 0 Å². The Hall–Kier alpha value is -0.590. The molecule has 3 unspecified atom stereocenters. The van der Waals surface area contributed by atoms with Crippen molar-refractivity contribution >= 4 is 5.78 Å². The van der Waals surface area contributed by atoms with Gasteiger partial charge < -0.3 is 0 Å². The van der Waals surface area contributed by atoms with Gasteiger partial charge in [-0.05, 0) is 31.6 Å². The van der Waals surface area contributed by atoms with Crippen molar-refractivity contribution in [2.24, 2.45) is 23.2 Å². The molecule has 0 amide bonds. The molecule has 1 nitrogen and oxygen atoms in total. The predicted octanol–water partition coefficient (Wildman–Crippen LogP) is 3.98. The lowest BCUT2D eigenvalue weighted by Crippen LogP contribution is -2.38. The van der Waals surface area contributed by atoms with Gasteiger partial charge in [0.05, 0.1) is 0 Å². The number of carbonyl (C=O) groups excluding carboxylic acids is 1. The number of allylic oxidation sites excluding steroid dienone is 2. The molecule has 1 saturated carbocycles. The normalized spacial score (nSPS) is 38.4. The first-order chi connectivity index (χ1) is 7.48. The van der Waals surface area contributed by atoms with Gasteiger partial charge in [0.2, 0.25) is 0 Å². The molecule has 0 aromatic rings. The van der Waals surface area contributed by atoms with Gasteiger partial charge >= 0.3 is 0 Å². The predicted molar refractivity (Wildman–Crippen MR) is 67.2 cm³/mol. The van der Waals surface area contributed by atoms with E-state index in [4.69, 9.17) is 0 Å². The van der Waals surface area contributed by atoms with E-state index in [1.165, 1.54) is 12.8 Å². The van der Waals surface area contributed by atoms with Crippen molar-refractivity contribution in [1.82, 2.24) is 0 Å². The van der Waals surface area contributed by atoms with Gasteiger partial charge in [-0.2, -0.15) is 0 Å². The molecule has 0 heterocycles. The zero-order valence-electron chi connectivity index (χ0n) is 11.0. The summed E-state index contributed by atoms with van der Waals surface area (Å²) >= 11 is 0. The van der Waals surface area contributed by atoms with E-state index in [0.717, 1.165) is 12.8 Å². The number of Topliss-reactive ketones (excluding diaryl/α,β-unsaturated/α-hetero) is 1. The minimum absolute atomic E-state index is 0.180. The van der Waals surface area contributed by atoms with E-state index in [9.17, 15) is 4.79 Å². The number of hydrogen-bond acceptors (Lipinski definition) is 1. The molecule has 2 rings (SSSR count). The third kappa shape index (κ3) is 1.56. The maximum Gasteiger partial charge on any atom is 0.139 e. The third-order valence-electron chi connectivity index (χ3n) is 5.04. The molecular weight excluding hydrogens is 196 g/mol. The Morgan fingerprint density at radius 2 is 2.12 bits per heavy atom. The van der Waals surface area contributed by atoms with Crippen molar-refractivity contribution in [3.63, 3.8) is 0 Å². The largest absolute Gasteiger partial charge is 0.299 e. The van der Waals surface area contributed by atoms with Crippen LogP contribution in [-0.2, 0) is 4.79 Å². The lowest BCUT2D eigenvalue weighted by atomic mass is 9.62. The minimum Gasteiger partial charge on any atom is -0.299 e. The number of carbonyl (C=O) groups is 1. The molecule has 0 aromatic heterocycles. The number of ketones is 1. The van der Waals surface area contributed by atoms with Crippen LogP contribution in [0.5, 0.6) is 0 Å². The molecule has 0 aliphatic heterocycles. The first-order valence-electron chi connectivity index (χ1n) is 6.71. The van der Waals surface area contributed by atoms with E-state index < -0.39 is 0 Å². The van der Waals surface area contributed by atoms with Crippen molar-refractivity contribution < 1.29 is 4.79 Å². The van der Waals surface area contributed by atoms with Gasteiger partial charge in [0, 0.05) is 17.3 Å². The van der Waals surface area contributed by atoms with Crippen molar-refractivity contribution in [3.05, 3.63) is 11.6 Å². The second-order valence-electron chi connectivity index (χ2n) is 6.14. The fraction of sp³-hybridized carbons (Fsp3) is 0.800. The zero-order chi connectivity index (χ0) is 11.9. The Morgan fingerprint density at radius 1 is 1.44 bits per heavy atom. The highest BCUT2D eigenvalue weighted by atomic mass is 16.1. The second kappa shape index (κ2) is 4.01. The molecule has 0 bridgehead atoms. The summed E-state index contributed by atoms with van der Waals surface area (Å²) in [7, 11) is 0. The lowest BCUT2D eigenvalue weighted by molar-refractivity contribution is -0.129. The Labute approximate surface area is 99.3 Å². The molecule has 1 fully saturated rings. The first-order valence-corrected chi connectivity index (χ1v) is 6.71. The first kappa shape index (κ1) is 11.9. The molecule has 1 heteroatoms. The zero-order valence-corrected chi connectivity index (χ0v) is 11.0. The van der Waals surface area contributed by atoms with Crippen LogP contribution in [0.25, 0.3) is 0 Å². The summed E-state index contributed by atoms with van der Waals surface area (Å²) < 4.78 is 0. The standard InChI is InChI=1S/C15H24O/c1-10(2)14(16)13-9-8-12-7-5-6-11(3)15(12,13)4/h7,10-11,13H,5-6,8-9H2,1-4H3. The van der Waals surface area contributed by atoms with Crippen molar-refractivity contribution in [2.45, 2.75) is 53.4 Å². The molecular formula is C15H24O. The van der Waals surface area contributed by atoms with Crippen LogP contribution in [-0.4, -0.2) is 5.78 Å². The highest BCUT2D eigenvalue weighted by Crippen LogP contribution is 2.56. The smallest absolute Gasteiger partial charge is 0.139 e. The molecule has 0 aromatic carbocycles. The van der Waals surface area contributed by atoms with Crippen LogP contribution in [0.3, 0.4) is 0 Å². The summed E-state index contributed by atoms with van der Waals surface area (Å²) in [5, 5.41) is 0. The highest BCUT2D eigenvalue weighted by molar-refractivity contribution is 5.84. The lowest BCUT2D eigenvalue weighted by Gasteiger charge is -2.41. The molecule has 0 saturated heterocycles. The number of rotatable bonds is 2. The average molecular weight is 220 g/mol. The van der Waals surface area contributed by atoms with Crippen molar-refractivity contribution in [1.29, 1.82) is 0 Å². The number of hydrogen-bond donors (Lipinski definition) is 0. The van der Waals surface area contributed by atoms with Crippen LogP contribution < -0.4 is 0 Å². The molecule has 2 aliphatic rings. The summed E-state index contributed by atoms with van der Waals surface area (Å²) in [6, 6.07) is 0. The third-order valence-corrected chi connectivity index (χ3v) is 5.04. The van der Waals surface area contributed by atoms with Crippen LogP contribution >= 0.6 is 0 Å². The van der Waals surface area contributed by atoms with E-state index in [0.29, 0.717) is 11.7 Å². The molecule has 0 radical (unpaired) electrons. The van der Waals surface area contributed by atoms with E-state index in [1.54, 1.807) is 5.57 Å². The molecule has 90 valence electrons. The minimum atomic E-state index is 0.180. The summed E-state index contributed by atoms with van der Waals surface area (Å²) in [6.45, 7) is 8.75. The fourth-order valence-electron chi connectivity index (χ4n) is 3.72. The molecule has 3 atom stereocenters.